The fourth-order valence-corrected chi connectivity index (χ4v) is 2.75. The summed E-state index contributed by atoms with van der Waals surface area (Å²) in [6.45, 7) is 2.06. The highest BCUT2D eigenvalue weighted by molar-refractivity contribution is 7.99. The summed E-state index contributed by atoms with van der Waals surface area (Å²) in [4.78, 5) is 12.9. The van der Waals surface area contributed by atoms with Gasteiger partial charge in [0.2, 0.25) is 0 Å². The lowest BCUT2D eigenvalue weighted by molar-refractivity contribution is 0.112. The predicted molar refractivity (Wildman–Crippen MR) is 72.1 cm³/mol. The molecule has 0 fully saturated rings. The number of rotatable bonds is 3. The van der Waals surface area contributed by atoms with Gasteiger partial charge in [0.05, 0.1) is 5.02 Å². The van der Waals surface area contributed by atoms with Crippen LogP contribution in [0.25, 0.3) is 0 Å². The largest absolute Gasteiger partial charge is 0.298 e. The van der Waals surface area contributed by atoms with Gasteiger partial charge in [0.25, 0.3) is 0 Å². The smallest absolute Gasteiger partial charge is 0.151 e. The van der Waals surface area contributed by atoms with Crippen LogP contribution in [0.15, 0.2) is 52.3 Å². The Labute approximate surface area is 110 Å². The molecular formula is C14H11ClOS. The number of carbonyl (C=O) groups excluding carboxylic acids is 1. The van der Waals surface area contributed by atoms with E-state index in [-0.39, 0.29) is 0 Å². The van der Waals surface area contributed by atoms with Crippen LogP contribution < -0.4 is 0 Å². The maximum absolute atomic E-state index is 10.7. The van der Waals surface area contributed by atoms with Crippen LogP contribution in [0.1, 0.15) is 15.9 Å². The first-order chi connectivity index (χ1) is 8.19. The predicted octanol–water partition coefficient (Wildman–Crippen LogP) is 4.61. The molecule has 2 aromatic rings. The van der Waals surface area contributed by atoms with Crippen molar-refractivity contribution in [2.75, 3.05) is 0 Å². The second-order valence-corrected chi connectivity index (χ2v) is 5.27. The summed E-state index contributed by atoms with van der Waals surface area (Å²) >= 11 is 7.62. The van der Waals surface area contributed by atoms with E-state index in [9.17, 15) is 4.79 Å². The number of benzene rings is 2. The Kier molecular flexibility index (Phi) is 3.87. The molecule has 2 rings (SSSR count). The summed E-state index contributed by atoms with van der Waals surface area (Å²) in [5, 5.41) is 0.498. The summed E-state index contributed by atoms with van der Waals surface area (Å²) in [5.74, 6) is 0. The van der Waals surface area contributed by atoms with E-state index in [4.69, 9.17) is 11.6 Å². The van der Waals surface area contributed by atoms with Gasteiger partial charge in [0, 0.05) is 15.4 Å². The molecule has 0 radical (unpaired) electrons. The van der Waals surface area contributed by atoms with Crippen molar-refractivity contribution in [2.24, 2.45) is 0 Å². The number of hydrogen-bond donors (Lipinski definition) is 0. The maximum Gasteiger partial charge on any atom is 0.151 e. The summed E-state index contributed by atoms with van der Waals surface area (Å²) in [5.41, 5.74) is 1.76. The molecule has 86 valence electrons. The van der Waals surface area contributed by atoms with Gasteiger partial charge in [-0.25, -0.2) is 0 Å². The van der Waals surface area contributed by atoms with E-state index in [1.165, 1.54) is 10.5 Å². The van der Waals surface area contributed by atoms with Crippen LogP contribution in [0.2, 0.25) is 5.02 Å². The first-order valence-electron chi connectivity index (χ1n) is 5.18. The van der Waals surface area contributed by atoms with Crippen molar-refractivity contribution < 1.29 is 4.79 Å². The van der Waals surface area contributed by atoms with Gasteiger partial charge in [-0.05, 0) is 37.3 Å². The molecule has 0 spiro atoms. The number of aryl methyl sites for hydroxylation is 1. The normalized spacial score (nSPS) is 10.2. The maximum atomic E-state index is 10.7. The van der Waals surface area contributed by atoms with Crippen molar-refractivity contribution in [3.63, 3.8) is 0 Å². The molecule has 0 aliphatic heterocycles. The van der Waals surface area contributed by atoms with Gasteiger partial charge in [0.15, 0.2) is 6.29 Å². The van der Waals surface area contributed by atoms with Gasteiger partial charge < -0.3 is 0 Å². The molecule has 0 amide bonds. The second-order valence-electron chi connectivity index (χ2n) is 3.72. The van der Waals surface area contributed by atoms with E-state index >= 15 is 0 Å². The first kappa shape index (κ1) is 12.2. The summed E-state index contributed by atoms with van der Waals surface area (Å²) in [7, 11) is 0. The Morgan fingerprint density at radius 1 is 1.12 bits per heavy atom. The zero-order valence-electron chi connectivity index (χ0n) is 9.31. The van der Waals surface area contributed by atoms with Gasteiger partial charge in [0.1, 0.15) is 0 Å². The second kappa shape index (κ2) is 5.39. The zero-order chi connectivity index (χ0) is 12.3. The molecule has 0 bridgehead atoms. The van der Waals surface area contributed by atoms with E-state index in [1.807, 2.05) is 18.2 Å². The van der Waals surface area contributed by atoms with Gasteiger partial charge in [-0.15, -0.1) is 0 Å². The van der Waals surface area contributed by atoms with Crippen molar-refractivity contribution in [2.45, 2.75) is 16.7 Å². The fourth-order valence-electron chi connectivity index (χ4n) is 1.48. The summed E-state index contributed by atoms with van der Waals surface area (Å²) in [6.07, 6.45) is 0.767. The van der Waals surface area contributed by atoms with Crippen molar-refractivity contribution in [3.05, 3.63) is 58.6 Å². The van der Waals surface area contributed by atoms with Crippen LogP contribution in [-0.4, -0.2) is 6.29 Å². The SMILES string of the molecule is Cc1cccc(Sc2ccc(C=O)c(Cl)c2)c1. The van der Waals surface area contributed by atoms with E-state index in [0.29, 0.717) is 10.6 Å². The first-order valence-corrected chi connectivity index (χ1v) is 6.38. The lowest BCUT2D eigenvalue weighted by Crippen LogP contribution is -1.82. The molecule has 3 heteroatoms. The lowest BCUT2D eigenvalue weighted by Gasteiger charge is -2.04. The van der Waals surface area contributed by atoms with E-state index in [0.717, 1.165) is 11.2 Å². The van der Waals surface area contributed by atoms with Crippen LogP contribution in [0.4, 0.5) is 0 Å². The fraction of sp³-hybridized carbons (Fsp3) is 0.0714. The minimum absolute atomic E-state index is 0.498. The third kappa shape index (κ3) is 3.11. The minimum atomic E-state index is 0.498. The molecule has 0 saturated carbocycles. The number of carbonyl (C=O) groups is 1. The minimum Gasteiger partial charge on any atom is -0.298 e. The van der Waals surface area contributed by atoms with Crippen molar-refractivity contribution >= 4 is 29.6 Å². The molecule has 0 heterocycles. The van der Waals surface area contributed by atoms with Crippen LogP contribution in [0.3, 0.4) is 0 Å². The van der Waals surface area contributed by atoms with Gasteiger partial charge in [-0.2, -0.15) is 0 Å². The highest BCUT2D eigenvalue weighted by Gasteiger charge is 2.02. The van der Waals surface area contributed by atoms with Crippen LogP contribution >= 0.6 is 23.4 Å². The third-order valence-electron chi connectivity index (χ3n) is 2.32. The Morgan fingerprint density at radius 3 is 2.53 bits per heavy atom. The summed E-state index contributed by atoms with van der Waals surface area (Å²) in [6, 6.07) is 13.7. The summed E-state index contributed by atoms with van der Waals surface area (Å²) < 4.78 is 0. The van der Waals surface area contributed by atoms with E-state index < -0.39 is 0 Å². The average molecular weight is 263 g/mol. The number of aldehydes is 1. The van der Waals surface area contributed by atoms with Crippen LogP contribution in [0, 0.1) is 6.92 Å². The monoisotopic (exact) mass is 262 g/mol. The number of hydrogen-bond acceptors (Lipinski definition) is 2. The Morgan fingerprint density at radius 2 is 1.88 bits per heavy atom. The third-order valence-corrected chi connectivity index (χ3v) is 3.63. The molecule has 0 saturated heterocycles. The molecule has 1 nitrogen and oxygen atoms in total. The molecule has 2 aromatic carbocycles. The average Bonchev–Trinajstić information content (AvgIpc) is 2.29. The molecule has 0 aromatic heterocycles. The van der Waals surface area contributed by atoms with Crippen LogP contribution in [-0.2, 0) is 0 Å². The topological polar surface area (TPSA) is 17.1 Å². The quantitative estimate of drug-likeness (QED) is 0.752. The molecule has 0 atom stereocenters. The Hall–Kier alpha value is -1.25. The Bertz CT molecular complexity index is 552. The molecule has 0 unspecified atom stereocenters. The van der Waals surface area contributed by atoms with Crippen molar-refractivity contribution in [1.82, 2.24) is 0 Å². The van der Waals surface area contributed by atoms with Crippen molar-refractivity contribution in [3.8, 4) is 0 Å². The molecule has 0 aliphatic rings. The standard InChI is InChI=1S/C14H11ClOS/c1-10-3-2-4-12(7-10)17-13-6-5-11(9-16)14(15)8-13/h2-9H,1H3. The molecular weight excluding hydrogens is 252 g/mol. The number of halogens is 1. The molecule has 0 aliphatic carbocycles. The Balaban J connectivity index is 2.24. The van der Waals surface area contributed by atoms with Crippen LogP contribution in [0.5, 0.6) is 0 Å². The van der Waals surface area contributed by atoms with Gasteiger partial charge >= 0.3 is 0 Å². The van der Waals surface area contributed by atoms with Crippen molar-refractivity contribution in [1.29, 1.82) is 0 Å². The van der Waals surface area contributed by atoms with E-state index in [1.54, 1.807) is 17.8 Å². The highest BCUT2D eigenvalue weighted by atomic mass is 35.5. The van der Waals surface area contributed by atoms with Gasteiger partial charge in [-0.1, -0.05) is 41.1 Å². The molecule has 17 heavy (non-hydrogen) atoms. The van der Waals surface area contributed by atoms with E-state index in [2.05, 4.69) is 25.1 Å². The lowest BCUT2D eigenvalue weighted by atomic mass is 10.2. The molecule has 0 N–H and O–H groups in total. The highest BCUT2D eigenvalue weighted by Crippen LogP contribution is 2.30. The zero-order valence-corrected chi connectivity index (χ0v) is 10.9. The van der Waals surface area contributed by atoms with Gasteiger partial charge in [-0.3, -0.25) is 4.79 Å².